The molecule has 0 saturated heterocycles. The lowest BCUT2D eigenvalue weighted by Gasteiger charge is -2.18. The molecule has 1 atom stereocenters. The maximum absolute atomic E-state index is 12.8. The molecule has 0 amide bonds. The third-order valence-electron chi connectivity index (χ3n) is 11.0. The molecule has 0 aromatic heterocycles. The summed E-state index contributed by atoms with van der Waals surface area (Å²) in [6.45, 7) is 6.27. The van der Waals surface area contributed by atoms with Crippen LogP contribution in [0, 0.1) is 0 Å². The number of rotatable bonds is 48. The van der Waals surface area contributed by atoms with Gasteiger partial charge < -0.3 is 14.2 Å². The Morgan fingerprint density at radius 3 is 0.958 bits per heavy atom. The molecule has 0 saturated carbocycles. The normalized spacial score (nSPS) is 13.3. The minimum absolute atomic E-state index is 0.134. The molecule has 0 bridgehead atoms. The van der Waals surface area contributed by atoms with Crippen molar-refractivity contribution in [1.82, 2.24) is 0 Å². The van der Waals surface area contributed by atoms with Crippen LogP contribution in [0.5, 0.6) is 0 Å². The summed E-state index contributed by atoms with van der Waals surface area (Å²) in [7, 11) is 0. The first-order valence-corrected chi connectivity index (χ1v) is 28.0. The van der Waals surface area contributed by atoms with Crippen molar-refractivity contribution in [1.29, 1.82) is 0 Å². The van der Waals surface area contributed by atoms with E-state index < -0.39 is 12.1 Å². The number of carbonyl (C=O) groups excluding carboxylic acids is 3. The zero-order valence-corrected chi connectivity index (χ0v) is 45.2. The Hall–Kier alpha value is -4.97. The molecule has 0 radical (unpaired) electrons. The summed E-state index contributed by atoms with van der Waals surface area (Å²) in [6, 6.07) is 0. The predicted molar refractivity (Wildman–Crippen MR) is 306 cm³/mol. The van der Waals surface area contributed by atoms with Gasteiger partial charge in [-0.1, -0.05) is 217 Å². The zero-order valence-electron chi connectivity index (χ0n) is 45.2. The summed E-state index contributed by atoms with van der Waals surface area (Å²) < 4.78 is 16.7. The van der Waals surface area contributed by atoms with E-state index in [0.717, 1.165) is 122 Å². The highest BCUT2D eigenvalue weighted by atomic mass is 16.6. The largest absolute Gasteiger partial charge is 0.462 e. The third-order valence-corrected chi connectivity index (χ3v) is 11.0. The molecule has 0 aromatic rings. The number of hydrogen-bond donors (Lipinski definition) is 0. The summed E-state index contributed by atoms with van der Waals surface area (Å²) in [6.07, 6.45) is 83.9. The van der Waals surface area contributed by atoms with Crippen LogP contribution in [-0.4, -0.2) is 37.2 Å². The van der Waals surface area contributed by atoms with Crippen LogP contribution < -0.4 is 0 Å². The Morgan fingerprint density at radius 1 is 0.296 bits per heavy atom. The van der Waals surface area contributed by atoms with Crippen LogP contribution >= 0.6 is 0 Å². The van der Waals surface area contributed by atoms with Gasteiger partial charge in [0.1, 0.15) is 13.2 Å². The minimum Gasteiger partial charge on any atom is -0.462 e. The Bertz CT molecular complexity index is 1640. The second kappa shape index (κ2) is 57.6. The van der Waals surface area contributed by atoms with Crippen LogP contribution in [0.4, 0.5) is 0 Å². The van der Waals surface area contributed by atoms with Gasteiger partial charge in [-0.2, -0.15) is 0 Å². The first-order chi connectivity index (χ1) is 35.0. The molecule has 0 N–H and O–H groups in total. The summed E-state index contributed by atoms with van der Waals surface area (Å²) in [5.74, 6) is -1.08. The van der Waals surface area contributed by atoms with E-state index in [0.29, 0.717) is 19.3 Å². The molecular weight excluding hydrogens is 877 g/mol. The summed E-state index contributed by atoms with van der Waals surface area (Å²) in [4.78, 5) is 38.1. The highest BCUT2D eigenvalue weighted by Gasteiger charge is 2.19. The van der Waals surface area contributed by atoms with Gasteiger partial charge in [0.2, 0.25) is 0 Å². The van der Waals surface area contributed by atoms with Crippen molar-refractivity contribution in [3.63, 3.8) is 0 Å². The summed E-state index contributed by atoms with van der Waals surface area (Å²) in [5.41, 5.74) is 0. The van der Waals surface area contributed by atoms with Gasteiger partial charge in [0.05, 0.1) is 0 Å². The quantitative estimate of drug-likeness (QED) is 0.0262. The third kappa shape index (κ3) is 55.8. The Morgan fingerprint density at radius 2 is 0.577 bits per heavy atom. The molecule has 0 spiro atoms. The molecular formula is C65H100O6. The molecule has 0 aliphatic heterocycles. The molecule has 71 heavy (non-hydrogen) atoms. The average Bonchev–Trinajstić information content (AvgIpc) is 3.37. The number of ether oxygens (including phenoxy) is 3. The molecule has 396 valence electrons. The van der Waals surface area contributed by atoms with Crippen LogP contribution in [0.15, 0.2) is 158 Å². The van der Waals surface area contributed by atoms with E-state index in [9.17, 15) is 14.4 Å². The lowest BCUT2D eigenvalue weighted by Crippen LogP contribution is -2.30. The Balaban J connectivity index is 4.61. The van der Waals surface area contributed by atoms with E-state index >= 15 is 0 Å². The number of carbonyl (C=O) groups is 3. The van der Waals surface area contributed by atoms with Crippen molar-refractivity contribution in [2.75, 3.05) is 13.2 Å². The van der Waals surface area contributed by atoms with Crippen LogP contribution in [0.3, 0.4) is 0 Å². The minimum atomic E-state index is -0.848. The van der Waals surface area contributed by atoms with E-state index in [1.54, 1.807) is 0 Å². The zero-order chi connectivity index (χ0) is 51.4. The molecule has 0 aliphatic carbocycles. The summed E-state index contributed by atoms with van der Waals surface area (Å²) in [5, 5.41) is 0. The molecule has 1 unspecified atom stereocenters. The van der Waals surface area contributed by atoms with Gasteiger partial charge in [-0.3, -0.25) is 14.4 Å². The smallest absolute Gasteiger partial charge is 0.306 e. The second-order valence-electron chi connectivity index (χ2n) is 17.7. The van der Waals surface area contributed by atoms with Crippen LogP contribution in [0.1, 0.15) is 213 Å². The van der Waals surface area contributed by atoms with Crippen molar-refractivity contribution in [3.8, 4) is 0 Å². The van der Waals surface area contributed by atoms with Gasteiger partial charge >= 0.3 is 17.9 Å². The fourth-order valence-electron chi connectivity index (χ4n) is 6.88. The molecule has 0 rings (SSSR count). The average molecular weight is 978 g/mol. The lowest BCUT2D eigenvalue weighted by molar-refractivity contribution is -0.166. The van der Waals surface area contributed by atoms with E-state index in [1.807, 2.05) is 12.2 Å². The SMILES string of the molecule is CC/C=C\C/C=C\C/C=C\C/C=C\C/C=C\C/C=C\CCCCC(=O)OCC(COC(=O)CCCCCCC/C=C\CCCCCC)OC(=O)CC/C=C\C/C=C\C/C=C\C/C=C\C/C=C\C/C=C\CC. The molecule has 0 aromatic carbocycles. The summed E-state index contributed by atoms with van der Waals surface area (Å²) >= 11 is 0. The van der Waals surface area contributed by atoms with Crippen molar-refractivity contribution >= 4 is 17.9 Å². The topological polar surface area (TPSA) is 78.9 Å². The number of allylic oxidation sites excluding steroid dienone is 26. The van der Waals surface area contributed by atoms with Crippen molar-refractivity contribution < 1.29 is 28.6 Å². The van der Waals surface area contributed by atoms with E-state index in [4.69, 9.17) is 14.2 Å². The van der Waals surface area contributed by atoms with Gasteiger partial charge in [-0.05, 0) is 135 Å². The van der Waals surface area contributed by atoms with E-state index in [-0.39, 0.29) is 38.0 Å². The van der Waals surface area contributed by atoms with E-state index in [1.165, 1.54) is 38.5 Å². The van der Waals surface area contributed by atoms with Crippen molar-refractivity contribution in [3.05, 3.63) is 158 Å². The van der Waals surface area contributed by atoms with Gasteiger partial charge in [0.25, 0.3) is 0 Å². The van der Waals surface area contributed by atoms with Gasteiger partial charge in [-0.15, -0.1) is 0 Å². The first-order valence-electron chi connectivity index (χ1n) is 28.0. The molecule has 0 heterocycles. The van der Waals surface area contributed by atoms with Crippen molar-refractivity contribution in [2.24, 2.45) is 0 Å². The van der Waals surface area contributed by atoms with Gasteiger partial charge in [0, 0.05) is 19.3 Å². The fourth-order valence-corrected chi connectivity index (χ4v) is 6.88. The maximum Gasteiger partial charge on any atom is 0.306 e. The highest BCUT2D eigenvalue weighted by Crippen LogP contribution is 2.11. The van der Waals surface area contributed by atoms with E-state index in [2.05, 4.69) is 167 Å². The second-order valence-corrected chi connectivity index (χ2v) is 17.7. The van der Waals surface area contributed by atoms with Crippen LogP contribution in [0.2, 0.25) is 0 Å². The Kier molecular flexibility index (Phi) is 53.6. The first kappa shape index (κ1) is 66.0. The molecule has 0 fully saturated rings. The van der Waals surface area contributed by atoms with Crippen LogP contribution in [0.25, 0.3) is 0 Å². The molecule has 0 aliphatic rings. The predicted octanol–water partition coefficient (Wildman–Crippen LogP) is 19.0. The van der Waals surface area contributed by atoms with Gasteiger partial charge in [0.15, 0.2) is 6.10 Å². The highest BCUT2D eigenvalue weighted by molar-refractivity contribution is 5.71. The molecule has 6 nitrogen and oxygen atoms in total. The monoisotopic (exact) mass is 977 g/mol. The fraction of sp³-hybridized carbons (Fsp3) is 0.554. The van der Waals surface area contributed by atoms with Crippen molar-refractivity contribution in [2.45, 2.75) is 219 Å². The van der Waals surface area contributed by atoms with Crippen LogP contribution in [-0.2, 0) is 28.6 Å². The van der Waals surface area contributed by atoms with Gasteiger partial charge in [-0.25, -0.2) is 0 Å². The Labute approximate surface area is 435 Å². The lowest BCUT2D eigenvalue weighted by atomic mass is 10.1. The maximum atomic E-state index is 12.8. The molecule has 6 heteroatoms. The number of esters is 3. The standard InChI is InChI=1S/C65H100O6/c1-4-7-10-13-16-19-22-25-27-29-31-32-34-35-37-40-43-46-49-52-55-58-64(67)70-61-62(60-69-63(66)57-54-51-48-45-42-39-24-21-18-15-12-9-6-3)71-65(68)59-56-53-50-47-44-41-38-36-33-30-28-26-23-20-17-14-11-8-5-2/h7-8,10-11,16-17,19-21,24-28,31-33,35-37,41,43-44,46,50,53,62H,4-6,9,12-15,18,22-23,29-30,34,38-40,42,45,47-49,51-52,54-61H2,1-3H3/b10-7-,11-8-,19-16-,20-17-,24-21-,27-25-,28-26-,32-31-,36-33-,37-35-,44-41-,46-43-,53-50-. The number of hydrogen-bond acceptors (Lipinski definition) is 6. The number of unbranched alkanes of at least 4 members (excludes halogenated alkanes) is 11.